The van der Waals surface area contributed by atoms with Gasteiger partial charge in [0.05, 0.1) is 5.25 Å². The minimum atomic E-state index is -2.95. The van der Waals surface area contributed by atoms with Gasteiger partial charge in [-0.1, -0.05) is 19.1 Å². The minimum Gasteiger partial charge on any atom is -0.342 e. The summed E-state index contributed by atoms with van der Waals surface area (Å²) in [4.78, 5) is 14.5. The van der Waals surface area contributed by atoms with Crippen molar-refractivity contribution in [2.75, 3.05) is 18.8 Å². The molecule has 1 aliphatic heterocycles. The second-order valence-electron chi connectivity index (χ2n) is 6.36. The van der Waals surface area contributed by atoms with Gasteiger partial charge < -0.3 is 4.90 Å². The molecule has 1 saturated heterocycles. The fourth-order valence-corrected chi connectivity index (χ4v) is 5.37. The summed E-state index contributed by atoms with van der Waals surface area (Å²) < 4.78 is 23.8. The van der Waals surface area contributed by atoms with Crippen LogP contribution in [0.15, 0.2) is 12.2 Å². The van der Waals surface area contributed by atoms with Gasteiger partial charge in [-0.3, -0.25) is 4.79 Å². The Labute approximate surface area is 121 Å². The molecule has 2 bridgehead atoms. The third-order valence-corrected chi connectivity index (χ3v) is 7.55. The quantitative estimate of drug-likeness (QED) is 0.744. The molecule has 1 amide bonds. The summed E-state index contributed by atoms with van der Waals surface area (Å²) in [5.41, 5.74) is 0. The number of carbonyl (C=O) groups is 1. The number of piperidine rings is 1. The van der Waals surface area contributed by atoms with E-state index in [1.807, 2.05) is 4.90 Å². The summed E-state index contributed by atoms with van der Waals surface area (Å²) in [5, 5.41) is -0.239. The molecule has 0 aromatic rings. The summed E-state index contributed by atoms with van der Waals surface area (Å²) in [7, 11) is -2.95. The molecule has 1 heterocycles. The maximum absolute atomic E-state index is 12.6. The number of hydrogen-bond donors (Lipinski definition) is 0. The summed E-state index contributed by atoms with van der Waals surface area (Å²) in [6.07, 6.45) is 7.79. The monoisotopic (exact) mass is 297 g/mol. The van der Waals surface area contributed by atoms with Crippen molar-refractivity contribution >= 4 is 15.7 Å². The van der Waals surface area contributed by atoms with Gasteiger partial charge in [0.25, 0.3) is 0 Å². The Morgan fingerprint density at radius 3 is 2.40 bits per heavy atom. The lowest BCUT2D eigenvalue weighted by atomic mass is 9.91. The van der Waals surface area contributed by atoms with E-state index < -0.39 is 9.84 Å². The van der Waals surface area contributed by atoms with Gasteiger partial charge in [0.15, 0.2) is 9.84 Å². The van der Waals surface area contributed by atoms with Crippen molar-refractivity contribution in [1.29, 1.82) is 0 Å². The van der Waals surface area contributed by atoms with Crippen molar-refractivity contribution in [3.05, 3.63) is 12.2 Å². The number of fused-ring (bicyclic) bond motifs is 2. The summed E-state index contributed by atoms with van der Waals surface area (Å²) in [6.45, 7) is 2.93. The lowest BCUT2D eigenvalue weighted by molar-refractivity contribution is -0.137. The third kappa shape index (κ3) is 2.41. The van der Waals surface area contributed by atoms with Gasteiger partial charge in [0.2, 0.25) is 5.91 Å². The fraction of sp³-hybridized carbons (Fsp3) is 0.800. The van der Waals surface area contributed by atoms with Gasteiger partial charge in [0.1, 0.15) is 0 Å². The molecule has 2 fully saturated rings. The number of likely N-dealkylation sites (tertiary alicyclic amines) is 1. The molecular weight excluding hydrogens is 274 g/mol. The number of carbonyl (C=O) groups excluding carboxylic acids is 1. The Hall–Kier alpha value is -0.840. The lowest BCUT2D eigenvalue weighted by Crippen LogP contribution is -2.45. The maximum Gasteiger partial charge on any atom is 0.226 e. The molecule has 4 nitrogen and oxygen atoms in total. The van der Waals surface area contributed by atoms with E-state index in [0.29, 0.717) is 37.8 Å². The largest absolute Gasteiger partial charge is 0.342 e. The van der Waals surface area contributed by atoms with Crippen molar-refractivity contribution < 1.29 is 13.2 Å². The van der Waals surface area contributed by atoms with Gasteiger partial charge in [-0.15, -0.1) is 0 Å². The zero-order valence-electron chi connectivity index (χ0n) is 12.0. The summed E-state index contributed by atoms with van der Waals surface area (Å²) in [5.74, 6) is 1.66. The van der Waals surface area contributed by atoms with E-state index in [-0.39, 0.29) is 22.8 Å². The molecule has 3 unspecified atom stereocenters. The second kappa shape index (κ2) is 5.17. The molecule has 3 aliphatic rings. The van der Waals surface area contributed by atoms with Crippen LogP contribution in [-0.4, -0.2) is 43.3 Å². The molecule has 3 rings (SSSR count). The molecule has 0 radical (unpaired) electrons. The molecule has 5 heteroatoms. The SMILES string of the molecule is CCS(=O)(=O)C1CCN(C(=O)C2CC3C=CC2C3)CC1. The van der Waals surface area contributed by atoms with Crippen molar-refractivity contribution in [3.8, 4) is 0 Å². The zero-order chi connectivity index (χ0) is 14.3. The van der Waals surface area contributed by atoms with Gasteiger partial charge in [-0.05, 0) is 37.5 Å². The first kappa shape index (κ1) is 14.1. The van der Waals surface area contributed by atoms with Crippen molar-refractivity contribution in [1.82, 2.24) is 4.90 Å². The van der Waals surface area contributed by atoms with E-state index in [4.69, 9.17) is 0 Å². The van der Waals surface area contributed by atoms with E-state index in [9.17, 15) is 13.2 Å². The lowest BCUT2D eigenvalue weighted by Gasteiger charge is -2.34. The highest BCUT2D eigenvalue weighted by Crippen LogP contribution is 2.44. The molecule has 0 aromatic heterocycles. The minimum absolute atomic E-state index is 0.157. The average molecular weight is 297 g/mol. The fourth-order valence-electron chi connectivity index (χ4n) is 3.97. The molecule has 3 atom stereocenters. The van der Waals surface area contributed by atoms with Crippen LogP contribution in [0.5, 0.6) is 0 Å². The highest BCUT2D eigenvalue weighted by Gasteiger charge is 2.42. The van der Waals surface area contributed by atoms with Gasteiger partial charge in [0, 0.05) is 24.8 Å². The van der Waals surface area contributed by atoms with Crippen LogP contribution in [0, 0.1) is 17.8 Å². The van der Waals surface area contributed by atoms with Crippen LogP contribution in [0.4, 0.5) is 0 Å². The van der Waals surface area contributed by atoms with Gasteiger partial charge in [-0.2, -0.15) is 0 Å². The zero-order valence-corrected chi connectivity index (χ0v) is 12.8. The van der Waals surface area contributed by atoms with Crippen molar-refractivity contribution in [3.63, 3.8) is 0 Å². The molecule has 112 valence electrons. The van der Waals surface area contributed by atoms with Gasteiger partial charge in [-0.25, -0.2) is 8.42 Å². The number of allylic oxidation sites excluding steroid dienone is 2. The van der Waals surface area contributed by atoms with Crippen molar-refractivity contribution in [2.24, 2.45) is 17.8 Å². The van der Waals surface area contributed by atoms with Crippen LogP contribution in [-0.2, 0) is 14.6 Å². The number of nitrogens with zero attached hydrogens (tertiary/aromatic N) is 1. The van der Waals surface area contributed by atoms with E-state index in [0.717, 1.165) is 12.8 Å². The molecular formula is C15H23NO3S. The Balaban J connectivity index is 1.59. The van der Waals surface area contributed by atoms with Crippen LogP contribution >= 0.6 is 0 Å². The Kier molecular flexibility index (Phi) is 3.65. The van der Waals surface area contributed by atoms with Crippen LogP contribution in [0.2, 0.25) is 0 Å². The molecule has 1 saturated carbocycles. The van der Waals surface area contributed by atoms with E-state index in [1.165, 1.54) is 0 Å². The topological polar surface area (TPSA) is 54.5 Å². The number of rotatable bonds is 3. The van der Waals surface area contributed by atoms with Crippen molar-refractivity contribution in [2.45, 2.75) is 37.9 Å². The first-order chi connectivity index (χ1) is 9.51. The molecule has 0 aromatic carbocycles. The predicted molar refractivity (Wildman–Crippen MR) is 77.9 cm³/mol. The average Bonchev–Trinajstić information content (AvgIpc) is 3.09. The highest BCUT2D eigenvalue weighted by molar-refractivity contribution is 7.92. The van der Waals surface area contributed by atoms with Crippen LogP contribution in [0.1, 0.15) is 32.6 Å². The number of amides is 1. The first-order valence-corrected chi connectivity index (χ1v) is 9.41. The van der Waals surface area contributed by atoms with Crippen LogP contribution < -0.4 is 0 Å². The highest BCUT2D eigenvalue weighted by atomic mass is 32.2. The van der Waals surface area contributed by atoms with E-state index in [2.05, 4.69) is 12.2 Å². The first-order valence-electron chi connectivity index (χ1n) is 7.70. The molecule has 0 spiro atoms. The van der Waals surface area contributed by atoms with Gasteiger partial charge >= 0.3 is 0 Å². The second-order valence-corrected chi connectivity index (χ2v) is 8.93. The third-order valence-electron chi connectivity index (χ3n) is 5.26. The van der Waals surface area contributed by atoms with E-state index >= 15 is 0 Å². The van der Waals surface area contributed by atoms with Crippen LogP contribution in [0.3, 0.4) is 0 Å². The summed E-state index contributed by atoms with van der Waals surface area (Å²) >= 11 is 0. The maximum atomic E-state index is 12.6. The Morgan fingerprint density at radius 1 is 1.20 bits per heavy atom. The standard InChI is InChI=1S/C15H23NO3S/c1-2-20(18,19)13-5-7-16(8-6-13)15(17)14-10-11-3-4-12(14)9-11/h3-4,11-14H,2,5-10H2,1H3. The smallest absolute Gasteiger partial charge is 0.226 e. The molecule has 0 N–H and O–H groups in total. The number of sulfone groups is 1. The Bertz CT molecular complexity index is 517. The van der Waals surface area contributed by atoms with E-state index in [1.54, 1.807) is 6.92 Å². The molecule has 2 aliphatic carbocycles. The summed E-state index contributed by atoms with van der Waals surface area (Å²) in [6, 6.07) is 0. The number of hydrogen-bond acceptors (Lipinski definition) is 3. The Morgan fingerprint density at radius 2 is 1.90 bits per heavy atom. The van der Waals surface area contributed by atoms with Crippen LogP contribution in [0.25, 0.3) is 0 Å². The predicted octanol–water partition coefficient (Wildman–Crippen LogP) is 1.62. The normalized spacial score (nSPS) is 33.9. The molecule has 20 heavy (non-hydrogen) atoms.